The first-order valence-electron chi connectivity index (χ1n) is 4.50. The summed E-state index contributed by atoms with van der Waals surface area (Å²) in [6.07, 6.45) is 0. The van der Waals surface area contributed by atoms with Crippen molar-refractivity contribution in [2.75, 3.05) is 0 Å². The van der Waals surface area contributed by atoms with Gasteiger partial charge < -0.3 is 0 Å². The number of hydrogen-bond acceptors (Lipinski definition) is 0. The highest BCUT2D eigenvalue weighted by atomic mass is 79.9. The molecule has 0 aromatic heterocycles. The fourth-order valence-corrected chi connectivity index (χ4v) is 2.07. The minimum absolute atomic E-state index is 0.00410. The summed E-state index contributed by atoms with van der Waals surface area (Å²) in [6, 6.07) is 6.58. The SMILES string of the molecule is Fc1c[c]c(-c2c(F)cc(Br)cc2F)c(Cl)c1. The van der Waals surface area contributed by atoms with E-state index in [4.69, 9.17) is 11.6 Å². The summed E-state index contributed by atoms with van der Waals surface area (Å²) in [5, 5.41) is -0.0925. The van der Waals surface area contributed by atoms with Crippen LogP contribution in [0.5, 0.6) is 0 Å². The van der Waals surface area contributed by atoms with Gasteiger partial charge in [0.15, 0.2) is 0 Å². The minimum atomic E-state index is -0.790. The van der Waals surface area contributed by atoms with Gasteiger partial charge in [0.25, 0.3) is 0 Å². The van der Waals surface area contributed by atoms with Gasteiger partial charge in [0, 0.05) is 10.0 Å². The Morgan fingerprint density at radius 2 is 1.65 bits per heavy atom. The molecule has 0 nitrogen and oxygen atoms in total. The van der Waals surface area contributed by atoms with E-state index >= 15 is 0 Å². The van der Waals surface area contributed by atoms with Gasteiger partial charge in [-0.1, -0.05) is 27.5 Å². The normalized spacial score (nSPS) is 10.6. The lowest BCUT2D eigenvalue weighted by molar-refractivity contribution is 0.587. The Morgan fingerprint density at radius 1 is 1.06 bits per heavy atom. The molecule has 0 atom stereocenters. The maximum absolute atomic E-state index is 13.6. The van der Waals surface area contributed by atoms with Crippen LogP contribution in [0.4, 0.5) is 13.2 Å². The summed E-state index contributed by atoms with van der Waals surface area (Å²) in [6.45, 7) is 0. The fraction of sp³-hybridized carbons (Fsp3) is 0. The Labute approximate surface area is 109 Å². The summed E-state index contributed by atoms with van der Waals surface area (Å²) >= 11 is 8.70. The highest BCUT2D eigenvalue weighted by Crippen LogP contribution is 2.33. The summed E-state index contributed by atoms with van der Waals surface area (Å²) in [5.41, 5.74) is -0.325. The van der Waals surface area contributed by atoms with Gasteiger partial charge in [0.2, 0.25) is 0 Å². The monoisotopic (exact) mass is 319 g/mol. The molecule has 0 bridgehead atoms. The molecule has 5 heteroatoms. The van der Waals surface area contributed by atoms with E-state index in [9.17, 15) is 13.2 Å². The van der Waals surface area contributed by atoms with Gasteiger partial charge >= 0.3 is 0 Å². The van der Waals surface area contributed by atoms with E-state index in [1.807, 2.05) is 0 Å². The Balaban J connectivity index is 2.68. The lowest BCUT2D eigenvalue weighted by Crippen LogP contribution is -1.92. The van der Waals surface area contributed by atoms with Gasteiger partial charge in [0.1, 0.15) is 17.5 Å². The first kappa shape index (κ1) is 12.5. The van der Waals surface area contributed by atoms with Crippen LogP contribution in [0.2, 0.25) is 5.02 Å². The standard InChI is InChI=1S/C12H4BrClF3/c13-6-3-10(16)12(11(17)4-6)8-2-1-7(15)5-9(8)14/h1,3-5H. The second-order valence-electron chi connectivity index (χ2n) is 3.29. The van der Waals surface area contributed by atoms with Crippen molar-refractivity contribution in [3.8, 4) is 11.1 Å². The fourth-order valence-electron chi connectivity index (χ4n) is 1.42. The molecule has 2 aromatic rings. The molecular formula is C12H4BrClF3. The van der Waals surface area contributed by atoms with Crippen molar-refractivity contribution in [1.82, 2.24) is 0 Å². The smallest absolute Gasteiger partial charge is 0.135 e. The zero-order valence-electron chi connectivity index (χ0n) is 8.20. The molecule has 0 heterocycles. The summed E-state index contributed by atoms with van der Waals surface area (Å²) in [4.78, 5) is 0. The van der Waals surface area contributed by atoms with E-state index in [-0.39, 0.29) is 20.6 Å². The van der Waals surface area contributed by atoms with Gasteiger partial charge in [-0.2, -0.15) is 0 Å². The number of halogens is 5. The third-order valence-electron chi connectivity index (χ3n) is 2.11. The second kappa shape index (κ2) is 4.70. The van der Waals surface area contributed by atoms with Gasteiger partial charge in [0.05, 0.1) is 10.6 Å². The molecule has 17 heavy (non-hydrogen) atoms. The van der Waals surface area contributed by atoms with Crippen LogP contribution in [-0.2, 0) is 0 Å². The van der Waals surface area contributed by atoms with Gasteiger partial charge in [-0.05, 0) is 30.3 Å². The molecule has 0 aliphatic heterocycles. The third kappa shape index (κ3) is 2.48. The van der Waals surface area contributed by atoms with Crippen LogP contribution in [0.25, 0.3) is 11.1 Å². The van der Waals surface area contributed by atoms with Crippen molar-refractivity contribution in [1.29, 1.82) is 0 Å². The van der Waals surface area contributed by atoms with Gasteiger partial charge in [-0.3, -0.25) is 0 Å². The largest absolute Gasteiger partial charge is 0.207 e. The van der Waals surface area contributed by atoms with Crippen LogP contribution in [0.1, 0.15) is 0 Å². The zero-order chi connectivity index (χ0) is 12.6. The van der Waals surface area contributed by atoms with Crippen LogP contribution in [0.3, 0.4) is 0 Å². The summed E-state index contributed by atoms with van der Waals surface area (Å²) in [7, 11) is 0. The number of hydrogen-bond donors (Lipinski definition) is 0. The van der Waals surface area contributed by atoms with E-state index in [2.05, 4.69) is 22.0 Å². The van der Waals surface area contributed by atoms with Crippen molar-refractivity contribution in [2.45, 2.75) is 0 Å². The molecule has 0 aliphatic rings. The quantitative estimate of drug-likeness (QED) is 0.694. The Hall–Kier alpha value is -1.00. The molecule has 0 saturated carbocycles. The molecule has 1 radical (unpaired) electrons. The highest BCUT2D eigenvalue weighted by molar-refractivity contribution is 9.10. The van der Waals surface area contributed by atoms with Crippen LogP contribution in [0, 0.1) is 23.5 Å². The highest BCUT2D eigenvalue weighted by Gasteiger charge is 2.16. The Bertz CT molecular complexity index is 561. The van der Waals surface area contributed by atoms with Crippen molar-refractivity contribution < 1.29 is 13.2 Å². The van der Waals surface area contributed by atoms with Crippen molar-refractivity contribution >= 4 is 27.5 Å². The number of rotatable bonds is 1. The molecule has 2 aromatic carbocycles. The topological polar surface area (TPSA) is 0 Å². The van der Waals surface area contributed by atoms with Crippen molar-refractivity contribution in [2.24, 2.45) is 0 Å². The van der Waals surface area contributed by atoms with Gasteiger partial charge in [-0.25, -0.2) is 13.2 Å². The van der Waals surface area contributed by atoms with E-state index < -0.39 is 17.5 Å². The van der Waals surface area contributed by atoms with E-state index in [0.717, 1.165) is 24.3 Å². The molecule has 0 unspecified atom stereocenters. The maximum atomic E-state index is 13.6. The molecule has 2 rings (SSSR count). The molecule has 87 valence electrons. The first-order chi connectivity index (χ1) is 7.99. The van der Waals surface area contributed by atoms with Crippen LogP contribution < -0.4 is 0 Å². The molecule has 0 aliphatic carbocycles. The average Bonchev–Trinajstić information content (AvgIpc) is 2.19. The maximum Gasteiger partial charge on any atom is 0.135 e. The molecule has 0 amide bonds. The van der Waals surface area contributed by atoms with E-state index in [0.29, 0.717) is 0 Å². The average molecular weight is 321 g/mol. The van der Waals surface area contributed by atoms with Crippen LogP contribution in [0.15, 0.2) is 28.7 Å². The summed E-state index contributed by atoms with van der Waals surface area (Å²) in [5.74, 6) is -2.19. The molecule has 0 spiro atoms. The molecular weight excluding hydrogens is 316 g/mol. The molecule has 0 saturated heterocycles. The molecule has 0 N–H and O–H groups in total. The first-order valence-corrected chi connectivity index (χ1v) is 5.68. The van der Waals surface area contributed by atoms with Gasteiger partial charge in [-0.15, -0.1) is 0 Å². The van der Waals surface area contributed by atoms with Crippen LogP contribution >= 0.6 is 27.5 Å². The lowest BCUT2D eigenvalue weighted by atomic mass is 10.0. The van der Waals surface area contributed by atoms with E-state index in [1.165, 1.54) is 0 Å². The molecule has 0 fully saturated rings. The predicted molar refractivity (Wildman–Crippen MR) is 63.3 cm³/mol. The lowest BCUT2D eigenvalue weighted by Gasteiger charge is -2.07. The van der Waals surface area contributed by atoms with Crippen molar-refractivity contribution in [3.05, 3.63) is 57.3 Å². The van der Waals surface area contributed by atoms with Crippen molar-refractivity contribution in [3.63, 3.8) is 0 Å². The predicted octanol–water partition coefficient (Wildman–Crippen LogP) is 4.99. The van der Waals surface area contributed by atoms with Crippen LogP contribution in [-0.4, -0.2) is 0 Å². The Morgan fingerprint density at radius 3 is 2.18 bits per heavy atom. The Kier molecular flexibility index (Phi) is 3.45. The zero-order valence-corrected chi connectivity index (χ0v) is 10.5. The second-order valence-corrected chi connectivity index (χ2v) is 4.61. The summed E-state index contributed by atoms with van der Waals surface area (Å²) < 4.78 is 40.4. The minimum Gasteiger partial charge on any atom is -0.207 e. The third-order valence-corrected chi connectivity index (χ3v) is 2.87. The van der Waals surface area contributed by atoms with E-state index in [1.54, 1.807) is 0 Å². The number of benzene rings is 2.